The van der Waals surface area contributed by atoms with Gasteiger partial charge in [0.05, 0.1) is 30.8 Å². The molecule has 16 heavy (non-hydrogen) atoms. The lowest BCUT2D eigenvalue weighted by Gasteiger charge is -2.41. The number of hydrogen-bond acceptors (Lipinski definition) is 4. The summed E-state index contributed by atoms with van der Waals surface area (Å²) in [4.78, 5) is 6.73. The Morgan fingerprint density at radius 3 is 2.94 bits per heavy atom. The third-order valence-electron chi connectivity index (χ3n) is 3.02. The first kappa shape index (κ1) is 11.4. The normalized spacial score (nSPS) is 20.9. The van der Waals surface area contributed by atoms with Crippen LogP contribution >= 0.6 is 0 Å². The van der Waals surface area contributed by atoms with Crippen LogP contribution < -0.4 is 5.73 Å². The van der Waals surface area contributed by atoms with Gasteiger partial charge in [0.25, 0.3) is 0 Å². The molecule has 0 atom stereocenters. The van der Waals surface area contributed by atoms with E-state index in [0.717, 1.165) is 32.0 Å². The van der Waals surface area contributed by atoms with Gasteiger partial charge in [-0.1, -0.05) is 0 Å². The van der Waals surface area contributed by atoms with E-state index >= 15 is 0 Å². The van der Waals surface area contributed by atoms with Gasteiger partial charge in [-0.2, -0.15) is 0 Å². The monoisotopic (exact) mass is 221 g/mol. The van der Waals surface area contributed by atoms with Crippen molar-refractivity contribution in [3.05, 3.63) is 24.0 Å². The summed E-state index contributed by atoms with van der Waals surface area (Å²) >= 11 is 0. The largest absolute Gasteiger partial charge is 0.397 e. The second-order valence-electron chi connectivity index (χ2n) is 4.87. The van der Waals surface area contributed by atoms with Crippen LogP contribution in [0.4, 0.5) is 5.69 Å². The zero-order valence-electron chi connectivity index (χ0n) is 9.94. The number of ether oxygens (including phenoxy) is 1. The smallest absolute Gasteiger partial charge is 0.0645 e. The third kappa shape index (κ3) is 2.51. The first-order valence-corrected chi connectivity index (χ1v) is 5.61. The van der Waals surface area contributed by atoms with Crippen LogP contribution in [0.1, 0.15) is 19.5 Å². The van der Waals surface area contributed by atoms with Crippen molar-refractivity contribution in [2.75, 3.05) is 25.5 Å². The summed E-state index contributed by atoms with van der Waals surface area (Å²) in [7, 11) is 0. The lowest BCUT2D eigenvalue weighted by Crippen LogP contribution is -2.52. The van der Waals surface area contributed by atoms with Crippen LogP contribution in [0.25, 0.3) is 0 Å². The fraction of sp³-hybridized carbons (Fsp3) is 0.583. The minimum Gasteiger partial charge on any atom is -0.397 e. The molecule has 0 aliphatic carbocycles. The summed E-state index contributed by atoms with van der Waals surface area (Å²) in [6.45, 7) is 7.79. The fourth-order valence-corrected chi connectivity index (χ4v) is 1.91. The van der Waals surface area contributed by atoms with E-state index in [2.05, 4.69) is 23.7 Å². The van der Waals surface area contributed by atoms with E-state index in [4.69, 9.17) is 10.5 Å². The highest BCUT2D eigenvalue weighted by Gasteiger charge is 2.30. The zero-order valence-corrected chi connectivity index (χ0v) is 9.94. The molecule has 4 heteroatoms. The van der Waals surface area contributed by atoms with Crippen LogP contribution in [0.5, 0.6) is 0 Å². The summed E-state index contributed by atoms with van der Waals surface area (Å²) in [6, 6.07) is 3.89. The van der Waals surface area contributed by atoms with E-state index in [9.17, 15) is 0 Å². The molecule has 2 rings (SSSR count). The Hall–Kier alpha value is -1.13. The molecule has 1 aliphatic rings. The number of pyridine rings is 1. The number of anilines is 1. The molecule has 0 unspecified atom stereocenters. The van der Waals surface area contributed by atoms with Crippen LogP contribution in [-0.4, -0.2) is 35.2 Å². The molecule has 0 spiro atoms. The number of hydrogen-bond donors (Lipinski definition) is 1. The molecular formula is C12H19N3O. The molecule has 0 aromatic carbocycles. The molecule has 2 N–H and O–H groups in total. The number of rotatable bonds is 2. The first-order valence-electron chi connectivity index (χ1n) is 5.61. The van der Waals surface area contributed by atoms with Gasteiger partial charge in [-0.15, -0.1) is 0 Å². The Morgan fingerprint density at radius 2 is 2.31 bits per heavy atom. The van der Waals surface area contributed by atoms with Gasteiger partial charge < -0.3 is 10.5 Å². The molecule has 0 amide bonds. The molecular weight excluding hydrogens is 202 g/mol. The molecule has 4 nitrogen and oxygen atoms in total. The van der Waals surface area contributed by atoms with Crippen LogP contribution in [-0.2, 0) is 11.3 Å². The van der Waals surface area contributed by atoms with E-state index < -0.39 is 0 Å². The fourth-order valence-electron chi connectivity index (χ4n) is 1.91. The van der Waals surface area contributed by atoms with Gasteiger partial charge in [0, 0.05) is 18.6 Å². The maximum Gasteiger partial charge on any atom is 0.0645 e. The molecule has 0 bridgehead atoms. The number of aromatic nitrogens is 1. The third-order valence-corrected chi connectivity index (χ3v) is 3.02. The average molecular weight is 221 g/mol. The summed E-state index contributed by atoms with van der Waals surface area (Å²) < 4.78 is 5.49. The number of nitrogens with zero attached hydrogens (tertiary/aromatic N) is 2. The van der Waals surface area contributed by atoms with Crippen LogP contribution in [0.2, 0.25) is 0 Å². The Bertz CT molecular complexity index is 348. The standard InChI is InChI=1S/C12H19N3O/c1-12(2)9-16-6-5-15(12)8-11-4-3-10(13)7-14-11/h3-4,7H,5-6,8-9,13H2,1-2H3. The highest BCUT2D eigenvalue weighted by molar-refractivity contribution is 5.34. The maximum atomic E-state index is 5.62. The van der Waals surface area contributed by atoms with Crippen molar-refractivity contribution in [3.63, 3.8) is 0 Å². The molecule has 1 saturated heterocycles. The lowest BCUT2D eigenvalue weighted by molar-refractivity contribution is -0.0557. The van der Waals surface area contributed by atoms with Crippen LogP contribution in [0, 0.1) is 0 Å². The molecule has 2 heterocycles. The number of nitrogen functional groups attached to an aromatic ring is 1. The lowest BCUT2D eigenvalue weighted by atomic mass is 10.0. The van der Waals surface area contributed by atoms with Crippen molar-refractivity contribution in [2.45, 2.75) is 25.9 Å². The van der Waals surface area contributed by atoms with Gasteiger partial charge in [-0.25, -0.2) is 0 Å². The Labute approximate surface area is 96.4 Å². The molecule has 1 aliphatic heterocycles. The van der Waals surface area contributed by atoms with Crippen molar-refractivity contribution in [1.82, 2.24) is 9.88 Å². The topological polar surface area (TPSA) is 51.4 Å². The highest BCUT2D eigenvalue weighted by Crippen LogP contribution is 2.21. The van der Waals surface area contributed by atoms with Gasteiger partial charge in [0.15, 0.2) is 0 Å². The molecule has 1 aromatic rings. The number of morpholine rings is 1. The molecule has 1 fully saturated rings. The SMILES string of the molecule is CC1(C)COCCN1Cc1ccc(N)cn1. The predicted molar refractivity (Wildman–Crippen MR) is 64.0 cm³/mol. The van der Waals surface area contributed by atoms with Gasteiger partial charge in [-0.05, 0) is 26.0 Å². The summed E-state index contributed by atoms with van der Waals surface area (Å²) in [5.74, 6) is 0. The van der Waals surface area contributed by atoms with Crippen LogP contribution in [0.3, 0.4) is 0 Å². The zero-order chi connectivity index (χ0) is 11.6. The van der Waals surface area contributed by atoms with Crippen LogP contribution in [0.15, 0.2) is 18.3 Å². The van der Waals surface area contributed by atoms with Gasteiger partial charge in [0.1, 0.15) is 0 Å². The maximum absolute atomic E-state index is 5.62. The second-order valence-corrected chi connectivity index (χ2v) is 4.87. The van der Waals surface area contributed by atoms with E-state index in [0.29, 0.717) is 5.69 Å². The van der Waals surface area contributed by atoms with Gasteiger partial charge in [0.2, 0.25) is 0 Å². The summed E-state index contributed by atoms with van der Waals surface area (Å²) in [6.07, 6.45) is 1.71. The van der Waals surface area contributed by atoms with Crippen molar-refractivity contribution in [2.24, 2.45) is 0 Å². The molecule has 0 radical (unpaired) electrons. The Kier molecular flexibility index (Phi) is 3.12. The first-order chi connectivity index (χ1) is 7.58. The van der Waals surface area contributed by atoms with Gasteiger partial charge in [-0.3, -0.25) is 9.88 Å². The highest BCUT2D eigenvalue weighted by atomic mass is 16.5. The van der Waals surface area contributed by atoms with Gasteiger partial charge >= 0.3 is 0 Å². The minimum absolute atomic E-state index is 0.0846. The Balaban J connectivity index is 2.05. The average Bonchev–Trinajstić information content (AvgIpc) is 2.24. The number of nitrogens with two attached hydrogens (primary N) is 1. The van der Waals surface area contributed by atoms with Crippen molar-refractivity contribution < 1.29 is 4.74 Å². The predicted octanol–water partition coefficient (Wildman–Crippen LogP) is 1.27. The molecule has 88 valence electrons. The second kappa shape index (κ2) is 4.39. The van der Waals surface area contributed by atoms with Crippen molar-refractivity contribution in [1.29, 1.82) is 0 Å². The van der Waals surface area contributed by atoms with Crippen molar-refractivity contribution in [3.8, 4) is 0 Å². The van der Waals surface area contributed by atoms with E-state index in [1.165, 1.54) is 0 Å². The quantitative estimate of drug-likeness (QED) is 0.817. The summed E-state index contributed by atoms with van der Waals surface area (Å²) in [5.41, 5.74) is 7.47. The van der Waals surface area contributed by atoms with E-state index in [-0.39, 0.29) is 5.54 Å². The van der Waals surface area contributed by atoms with E-state index in [1.807, 2.05) is 12.1 Å². The molecule has 0 saturated carbocycles. The van der Waals surface area contributed by atoms with Crippen molar-refractivity contribution >= 4 is 5.69 Å². The summed E-state index contributed by atoms with van der Waals surface area (Å²) in [5, 5.41) is 0. The molecule has 1 aromatic heterocycles. The minimum atomic E-state index is 0.0846. The van der Waals surface area contributed by atoms with E-state index in [1.54, 1.807) is 6.20 Å². The Morgan fingerprint density at radius 1 is 1.50 bits per heavy atom.